The molecule has 3 aromatic rings. The quantitative estimate of drug-likeness (QED) is 0.795. The molecule has 1 aromatic carbocycles. The molecule has 0 spiro atoms. The molecular weight excluding hydrogens is 288 g/mol. The molecule has 0 saturated carbocycles. The zero-order valence-corrected chi connectivity index (χ0v) is 12.3. The molecule has 0 fully saturated rings. The Labute approximate surface area is 125 Å². The monoisotopic (exact) mass is 300 g/mol. The molecule has 2 aromatic heterocycles. The zero-order chi connectivity index (χ0) is 15.0. The molecule has 2 heterocycles. The Morgan fingerprint density at radius 3 is 2.57 bits per heavy atom. The normalized spacial score (nSPS) is 11.0. The first-order valence-electron chi connectivity index (χ1n) is 6.29. The maximum Gasteiger partial charge on any atom is 0.337 e. The Kier molecular flexibility index (Phi) is 3.39. The fourth-order valence-electron chi connectivity index (χ4n) is 1.99. The van der Waals surface area contributed by atoms with Gasteiger partial charge in [0.25, 0.3) is 5.22 Å². The number of carbonyl (C=O) groups is 1. The number of oxazole rings is 1. The summed E-state index contributed by atoms with van der Waals surface area (Å²) in [7, 11) is 0. The molecule has 0 saturated heterocycles. The minimum Gasteiger partial charge on any atom is -0.478 e. The van der Waals surface area contributed by atoms with Crippen LogP contribution in [0.15, 0.2) is 45.1 Å². The van der Waals surface area contributed by atoms with Crippen molar-refractivity contribution in [2.45, 2.75) is 24.1 Å². The third-order valence-corrected chi connectivity index (χ3v) is 4.05. The van der Waals surface area contributed by atoms with Gasteiger partial charge in [0.2, 0.25) is 0 Å². The fourth-order valence-corrected chi connectivity index (χ4v) is 2.90. The van der Waals surface area contributed by atoms with Crippen LogP contribution >= 0.6 is 11.8 Å². The molecule has 106 valence electrons. The maximum absolute atomic E-state index is 11.3. The minimum atomic E-state index is -0.988. The lowest BCUT2D eigenvalue weighted by atomic mass is 10.1. The first-order chi connectivity index (χ1) is 10.1. The smallest absolute Gasteiger partial charge is 0.337 e. The van der Waals surface area contributed by atoms with Gasteiger partial charge in [-0.2, -0.15) is 0 Å². The molecule has 0 bridgehead atoms. The van der Waals surface area contributed by atoms with Crippen molar-refractivity contribution in [2.75, 3.05) is 0 Å². The van der Waals surface area contributed by atoms with Crippen LogP contribution in [0.3, 0.4) is 0 Å². The SMILES string of the molecule is Cc1nc(Sc2ncc(C(=O)O)c3ccccc23)oc1C. The molecule has 5 nitrogen and oxygen atoms in total. The molecule has 6 heteroatoms. The summed E-state index contributed by atoms with van der Waals surface area (Å²) >= 11 is 1.29. The second-order valence-corrected chi connectivity index (χ2v) is 5.49. The summed E-state index contributed by atoms with van der Waals surface area (Å²) in [5.41, 5.74) is 1.03. The van der Waals surface area contributed by atoms with E-state index in [1.165, 1.54) is 18.0 Å². The second kappa shape index (κ2) is 5.21. The van der Waals surface area contributed by atoms with Crippen molar-refractivity contribution < 1.29 is 14.3 Å². The third-order valence-electron chi connectivity index (χ3n) is 3.18. The van der Waals surface area contributed by atoms with Gasteiger partial charge in [-0.1, -0.05) is 24.3 Å². The molecule has 0 aliphatic carbocycles. The van der Waals surface area contributed by atoms with Crippen molar-refractivity contribution in [1.82, 2.24) is 9.97 Å². The summed E-state index contributed by atoms with van der Waals surface area (Å²) in [5, 5.41) is 11.8. The van der Waals surface area contributed by atoms with Crippen LogP contribution in [0, 0.1) is 13.8 Å². The highest BCUT2D eigenvalue weighted by Gasteiger charge is 2.15. The molecule has 3 rings (SSSR count). The van der Waals surface area contributed by atoms with Gasteiger partial charge in [-0.25, -0.2) is 14.8 Å². The molecule has 0 unspecified atom stereocenters. The van der Waals surface area contributed by atoms with E-state index in [4.69, 9.17) is 4.42 Å². The molecule has 0 radical (unpaired) electrons. The van der Waals surface area contributed by atoms with Crippen molar-refractivity contribution >= 4 is 28.5 Å². The Bertz CT molecular complexity index is 823. The van der Waals surface area contributed by atoms with E-state index >= 15 is 0 Å². The molecule has 0 amide bonds. The average molecular weight is 300 g/mol. The van der Waals surface area contributed by atoms with Crippen LogP contribution in [0.5, 0.6) is 0 Å². The van der Waals surface area contributed by atoms with Gasteiger partial charge in [0, 0.05) is 17.0 Å². The van der Waals surface area contributed by atoms with E-state index in [9.17, 15) is 9.90 Å². The average Bonchev–Trinajstić information content (AvgIpc) is 2.77. The van der Waals surface area contributed by atoms with E-state index in [2.05, 4.69) is 9.97 Å². The Balaban J connectivity index is 2.11. The van der Waals surface area contributed by atoms with E-state index in [1.54, 1.807) is 6.07 Å². The van der Waals surface area contributed by atoms with Crippen LogP contribution in [-0.2, 0) is 0 Å². The van der Waals surface area contributed by atoms with Gasteiger partial charge in [0.1, 0.15) is 10.8 Å². The summed E-state index contributed by atoms with van der Waals surface area (Å²) in [5.74, 6) is -0.220. The number of hydrogen-bond donors (Lipinski definition) is 1. The lowest BCUT2D eigenvalue weighted by molar-refractivity contribution is 0.0698. The summed E-state index contributed by atoms with van der Waals surface area (Å²) < 4.78 is 5.54. The van der Waals surface area contributed by atoms with Gasteiger partial charge < -0.3 is 9.52 Å². The van der Waals surface area contributed by atoms with Crippen LogP contribution in [0.4, 0.5) is 0 Å². The van der Waals surface area contributed by atoms with E-state index in [-0.39, 0.29) is 5.56 Å². The van der Waals surface area contributed by atoms with Crippen LogP contribution in [0.1, 0.15) is 21.8 Å². The number of benzene rings is 1. The number of fused-ring (bicyclic) bond motifs is 1. The Hall–Kier alpha value is -2.34. The predicted molar refractivity (Wildman–Crippen MR) is 78.8 cm³/mol. The molecule has 21 heavy (non-hydrogen) atoms. The third kappa shape index (κ3) is 2.50. The topological polar surface area (TPSA) is 76.2 Å². The number of carboxylic acids is 1. The second-order valence-electron chi connectivity index (χ2n) is 4.55. The maximum atomic E-state index is 11.3. The minimum absolute atomic E-state index is 0.190. The number of aromatic carboxylic acids is 1. The summed E-state index contributed by atoms with van der Waals surface area (Å²) in [6.07, 6.45) is 1.37. The fraction of sp³-hybridized carbons (Fsp3) is 0.133. The van der Waals surface area contributed by atoms with Crippen molar-refractivity contribution in [3.8, 4) is 0 Å². The van der Waals surface area contributed by atoms with Crippen LogP contribution in [-0.4, -0.2) is 21.0 Å². The largest absolute Gasteiger partial charge is 0.478 e. The number of hydrogen-bond acceptors (Lipinski definition) is 5. The van der Waals surface area contributed by atoms with Crippen LogP contribution in [0.2, 0.25) is 0 Å². The summed E-state index contributed by atoms with van der Waals surface area (Å²) in [6.45, 7) is 3.73. The zero-order valence-electron chi connectivity index (χ0n) is 11.5. The molecular formula is C15H12N2O3S. The lowest BCUT2D eigenvalue weighted by Crippen LogP contribution is -1.99. The van der Waals surface area contributed by atoms with Gasteiger partial charge in [-0.3, -0.25) is 0 Å². The number of aryl methyl sites for hydroxylation is 2. The summed E-state index contributed by atoms with van der Waals surface area (Å²) in [6, 6.07) is 7.28. The highest BCUT2D eigenvalue weighted by Crippen LogP contribution is 2.33. The Morgan fingerprint density at radius 2 is 1.95 bits per heavy atom. The van der Waals surface area contributed by atoms with E-state index in [1.807, 2.05) is 32.0 Å². The summed E-state index contributed by atoms with van der Waals surface area (Å²) in [4.78, 5) is 19.8. The highest BCUT2D eigenvalue weighted by atomic mass is 32.2. The number of carboxylic acid groups (broad SMARTS) is 1. The Morgan fingerprint density at radius 1 is 1.24 bits per heavy atom. The van der Waals surface area contributed by atoms with Gasteiger partial charge in [0.05, 0.1) is 11.3 Å². The first-order valence-corrected chi connectivity index (χ1v) is 7.11. The van der Waals surface area contributed by atoms with E-state index < -0.39 is 5.97 Å². The standard InChI is InChI=1S/C15H12N2O3S/c1-8-9(2)20-15(17-8)21-13-11-6-4-3-5-10(11)12(7-16-13)14(18)19/h3-7H,1-2H3,(H,18,19). The van der Waals surface area contributed by atoms with Crippen molar-refractivity contribution in [2.24, 2.45) is 0 Å². The van der Waals surface area contributed by atoms with Crippen LogP contribution in [0.25, 0.3) is 10.8 Å². The molecule has 0 aliphatic heterocycles. The molecule has 1 N–H and O–H groups in total. The van der Waals surface area contributed by atoms with Gasteiger partial charge in [-0.15, -0.1) is 0 Å². The number of aromatic nitrogens is 2. The number of pyridine rings is 1. The van der Waals surface area contributed by atoms with Crippen molar-refractivity contribution in [1.29, 1.82) is 0 Å². The molecule has 0 atom stereocenters. The number of rotatable bonds is 3. The number of nitrogens with zero attached hydrogens (tertiary/aromatic N) is 2. The lowest BCUT2D eigenvalue weighted by Gasteiger charge is -2.05. The van der Waals surface area contributed by atoms with E-state index in [0.717, 1.165) is 16.8 Å². The van der Waals surface area contributed by atoms with Gasteiger partial charge >= 0.3 is 5.97 Å². The van der Waals surface area contributed by atoms with E-state index in [0.29, 0.717) is 15.6 Å². The molecule has 0 aliphatic rings. The van der Waals surface area contributed by atoms with Crippen molar-refractivity contribution in [3.05, 3.63) is 47.5 Å². The van der Waals surface area contributed by atoms with Crippen LogP contribution < -0.4 is 0 Å². The van der Waals surface area contributed by atoms with Gasteiger partial charge in [0.15, 0.2) is 0 Å². The first kappa shape index (κ1) is 13.6. The van der Waals surface area contributed by atoms with Crippen molar-refractivity contribution in [3.63, 3.8) is 0 Å². The highest BCUT2D eigenvalue weighted by molar-refractivity contribution is 7.99. The predicted octanol–water partition coefficient (Wildman–Crippen LogP) is 3.69. The van der Waals surface area contributed by atoms with Gasteiger partial charge in [-0.05, 0) is 25.6 Å².